The van der Waals surface area contributed by atoms with E-state index in [0.29, 0.717) is 0 Å². The van der Waals surface area contributed by atoms with E-state index in [2.05, 4.69) is 0 Å². The Kier molecular flexibility index (Phi) is 2.65. The lowest BCUT2D eigenvalue weighted by molar-refractivity contribution is 0.154. The van der Waals surface area contributed by atoms with Crippen molar-refractivity contribution >= 4 is 33.0 Å². The summed E-state index contributed by atoms with van der Waals surface area (Å²) < 4.78 is 20.0. The summed E-state index contributed by atoms with van der Waals surface area (Å²) in [7, 11) is -3.63. The molecule has 12 heavy (non-hydrogen) atoms. The lowest BCUT2D eigenvalue weighted by Crippen LogP contribution is -2.39. The Labute approximate surface area is 81.6 Å². The summed E-state index contributed by atoms with van der Waals surface area (Å²) in [5.41, 5.74) is 0. The van der Waals surface area contributed by atoms with Gasteiger partial charge >= 0.3 is 0 Å². The van der Waals surface area contributed by atoms with Crippen molar-refractivity contribution in [1.29, 1.82) is 0 Å². The number of hydrogen-bond acceptors (Lipinski definition) is 3. The van der Waals surface area contributed by atoms with Gasteiger partial charge in [0, 0.05) is 6.26 Å². The van der Waals surface area contributed by atoms with Crippen molar-refractivity contribution in [2.75, 3.05) is 6.26 Å². The second-order valence-corrected chi connectivity index (χ2v) is 7.14. The summed E-state index contributed by atoms with van der Waals surface area (Å²) in [6.45, 7) is 0. The van der Waals surface area contributed by atoms with E-state index < -0.39 is 19.6 Å². The minimum atomic E-state index is -3.63. The summed E-state index contributed by atoms with van der Waals surface area (Å²) in [6, 6.07) is 0. The van der Waals surface area contributed by atoms with Crippen LogP contribution in [0.15, 0.2) is 0 Å². The fourth-order valence-corrected chi connectivity index (χ4v) is 1.89. The second-order valence-electron chi connectivity index (χ2n) is 3.12. The maximum absolute atomic E-state index is 11.0. The Balaban J connectivity index is 2.83. The van der Waals surface area contributed by atoms with Crippen LogP contribution in [0.2, 0.25) is 0 Å². The first-order valence-electron chi connectivity index (χ1n) is 3.52. The van der Waals surface area contributed by atoms with Gasteiger partial charge in [-0.15, -0.1) is 0 Å². The standard InChI is InChI=1S/C6H10Cl2O3S/c1-12(10,11)6(7,8)5(9)4-2-3-4/h4-5,9H,2-3H2,1H3. The van der Waals surface area contributed by atoms with Crippen molar-refractivity contribution in [2.45, 2.75) is 22.6 Å². The van der Waals surface area contributed by atoms with Gasteiger partial charge in [-0.25, -0.2) is 8.42 Å². The Hall–Kier alpha value is 0.490. The Morgan fingerprint density at radius 2 is 1.92 bits per heavy atom. The number of alkyl halides is 2. The minimum absolute atomic E-state index is 0.0604. The Bertz CT molecular complexity index is 269. The fraction of sp³-hybridized carbons (Fsp3) is 1.00. The molecule has 0 aliphatic heterocycles. The zero-order valence-electron chi connectivity index (χ0n) is 6.50. The van der Waals surface area contributed by atoms with Crippen LogP contribution in [-0.2, 0) is 9.84 Å². The van der Waals surface area contributed by atoms with E-state index in [1.54, 1.807) is 0 Å². The average molecular weight is 233 g/mol. The summed E-state index contributed by atoms with van der Waals surface area (Å²) in [6.07, 6.45) is 1.32. The highest BCUT2D eigenvalue weighted by molar-refractivity contribution is 7.95. The molecule has 1 aliphatic rings. The molecule has 0 saturated heterocycles. The van der Waals surface area contributed by atoms with E-state index >= 15 is 0 Å². The normalized spacial score (nSPS) is 22.3. The molecule has 1 saturated carbocycles. The predicted molar refractivity (Wildman–Crippen MR) is 48.0 cm³/mol. The third-order valence-corrected chi connectivity index (χ3v) is 5.27. The molecule has 0 aromatic carbocycles. The Morgan fingerprint density at radius 3 is 2.17 bits per heavy atom. The first kappa shape index (κ1) is 10.6. The first-order valence-corrected chi connectivity index (χ1v) is 6.17. The number of sulfone groups is 1. The molecule has 72 valence electrons. The van der Waals surface area contributed by atoms with Crippen molar-refractivity contribution in [1.82, 2.24) is 0 Å². The first-order chi connectivity index (χ1) is 5.27. The van der Waals surface area contributed by atoms with Gasteiger partial charge in [0.05, 0.1) is 0 Å². The fourth-order valence-electron chi connectivity index (χ4n) is 0.906. The molecule has 1 fully saturated rings. The summed E-state index contributed by atoms with van der Waals surface area (Å²) in [4.78, 5) is 0. The molecule has 0 amide bonds. The van der Waals surface area contributed by atoms with Gasteiger partial charge in [-0.1, -0.05) is 23.2 Å². The monoisotopic (exact) mass is 232 g/mol. The van der Waals surface area contributed by atoms with E-state index in [4.69, 9.17) is 23.2 Å². The maximum Gasteiger partial charge on any atom is 0.243 e. The molecule has 0 aromatic rings. The largest absolute Gasteiger partial charge is 0.389 e. The van der Waals surface area contributed by atoms with Gasteiger partial charge in [0.1, 0.15) is 6.10 Å². The van der Waals surface area contributed by atoms with Crippen LogP contribution in [0.4, 0.5) is 0 Å². The summed E-state index contributed by atoms with van der Waals surface area (Å²) in [5.74, 6) is -0.0604. The molecule has 1 atom stereocenters. The molecule has 0 bridgehead atoms. The zero-order chi connectivity index (χ0) is 9.57. The Morgan fingerprint density at radius 1 is 1.50 bits per heavy atom. The van der Waals surface area contributed by atoms with Crippen LogP contribution < -0.4 is 0 Å². The van der Waals surface area contributed by atoms with Crippen LogP contribution in [0.1, 0.15) is 12.8 Å². The SMILES string of the molecule is CS(=O)(=O)C(Cl)(Cl)C(O)C1CC1. The van der Waals surface area contributed by atoms with Gasteiger partial charge in [-0.3, -0.25) is 0 Å². The van der Waals surface area contributed by atoms with Crippen LogP contribution in [0.3, 0.4) is 0 Å². The molecule has 3 nitrogen and oxygen atoms in total. The highest BCUT2D eigenvalue weighted by atomic mass is 35.5. The third kappa shape index (κ3) is 1.87. The second kappa shape index (κ2) is 3.01. The number of aliphatic hydroxyl groups is 1. The van der Waals surface area contributed by atoms with Gasteiger partial charge in [0.25, 0.3) is 0 Å². The lowest BCUT2D eigenvalue weighted by atomic mass is 10.3. The van der Waals surface area contributed by atoms with Crippen LogP contribution in [0, 0.1) is 5.92 Å². The predicted octanol–water partition coefficient (Wildman–Crippen LogP) is 0.933. The van der Waals surface area contributed by atoms with Crippen LogP contribution in [-0.4, -0.2) is 29.5 Å². The summed E-state index contributed by atoms with van der Waals surface area (Å²) in [5, 5.41) is 9.41. The van der Waals surface area contributed by atoms with Crippen LogP contribution in [0.25, 0.3) is 0 Å². The third-order valence-electron chi connectivity index (χ3n) is 1.91. The molecule has 0 spiro atoms. The lowest BCUT2D eigenvalue weighted by Gasteiger charge is -2.23. The number of hydrogen-bond donors (Lipinski definition) is 1. The quantitative estimate of drug-likeness (QED) is 0.738. The molecular formula is C6H10Cl2O3S. The summed E-state index contributed by atoms with van der Waals surface area (Å²) >= 11 is 11.1. The molecule has 1 unspecified atom stereocenters. The van der Waals surface area contributed by atoms with Gasteiger partial charge < -0.3 is 5.11 Å². The van der Waals surface area contributed by atoms with Crippen molar-refractivity contribution < 1.29 is 13.5 Å². The molecule has 1 aliphatic carbocycles. The van der Waals surface area contributed by atoms with Gasteiger partial charge in [-0.05, 0) is 18.8 Å². The zero-order valence-corrected chi connectivity index (χ0v) is 8.83. The van der Waals surface area contributed by atoms with E-state index in [0.717, 1.165) is 19.1 Å². The number of aliphatic hydroxyl groups excluding tert-OH is 1. The van der Waals surface area contributed by atoms with Crippen molar-refractivity contribution in [3.63, 3.8) is 0 Å². The minimum Gasteiger partial charge on any atom is -0.389 e. The van der Waals surface area contributed by atoms with Crippen molar-refractivity contribution in [3.8, 4) is 0 Å². The van der Waals surface area contributed by atoms with Crippen molar-refractivity contribution in [2.24, 2.45) is 5.92 Å². The van der Waals surface area contributed by atoms with E-state index in [1.165, 1.54) is 0 Å². The molecule has 6 heteroatoms. The van der Waals surface area contributed by atoms with E-state index in [1.807, 2.05) is 0 Å². The van der Waals surface area contributed by atoms with Crippen molar-refractivity contribution in [3.05, 3.63) is 0 Å². The smallest absolute Gasteiger partial charge is 0.243 e. The maximum atomic E-state index is 11.0. The van der Waals surface area contributed by atoms with Gasteiger partial charge in [-0.2, -0.15) is 0 Å². The molecule has 1 rings (SSSR count). The molecule has 1 N–H and O–H groups in total. The molecule has 0 radical (unpaired) electrons. The number of halogens is 2. The van der Waals surface area contributed by atoms with E-state index in [-0.39, 0.29) is 5.92 Å². The molecular weight excluding hydrogens is 223 g/mol. The van der Waals surface area contributed by atoms with Gasteiger partial charge in [0.2, 0.25) is 3.67 Å². The molecule has 0 aromatic heterocycles. The topological polar surface area (TPSA) is 54.4 Å². The highest BCUT2D eigenvalue weighted by Gasteiger charge is 2.50. The average Bonchev–Trinajstić information content (AvgIpc) is 2.64. The van der Waals surface area contributed by atoms with Crippen LogP contribution in [0.5, 0.6) is 0 Å². The highest BCUT2D eigenvalue weighted by Crippen LogP contribution is 2.44. The number of rotatable bonds is 3. The van der Waals surface area contributed by atoms with E-state index in [9.17, 15) is 13.5 Å². The molecule has 0 heterocycles. The van der Waals surface area contributed by atoms with Gasteiger partial charge in [0.15, 0.2) is 9.84 Å². The van der Waals surface area contributed by atoms with Crippen LogP contribution >= 0.6 is 23.2 Å².